The number of carbonyl (C=O) groups excluding carboxylic acids is 6. The van der Waals surface area contributed by atoms with Gasteiger partial charge in [0, 0.05) is 31.8 Å². The van der Waals surface area contributed by atoms with Crippen molar-refractivity contribution in [3.05, 3.63) is 83.9 Å². The molecule has 13 heteroatoms. The van der Waals surface area contributed by atoms with E-state index in [1.54, 1.807) is 36.4 Å². The molecule has 2 saturated carbocycles. The molecule has 10 atom stereocenters. The Morgan fingerprint density at radius 2 is 1.31 bits per heavy atom. The monoisotopic (exact) mass is 706 g/mol. The number of epoxide rings is 1. The normalized spacial score (nSPS) is 34.5. The van der Waals surface area contributed by atoms with Crippen molar-refractivity contribution in [1.82, 2.24) is 0 Å². The van der Waals surface area contributed by atoms with Gasteiger partial charge in [0.15, 0.2) is 29.4 Å². The van der Waals surface area contributed by atoms with E-state index in [9.17, 15) is 39.0 Å². The van der Waals surface area contributed by atoms with E-state index in [0.717, 1.165) is 13.8 Å². The zero-order valence-electron chi connectivity index (χ0n) is 29.2. The largest absolute Gasteiger partial charge is 0.459 e. The summed E-state index contributed by atoms with van der Waals surface area (Å²) in [5.74, 6) is -8.31. The standard InChI is InChI=1S/C38H42O13/c1-19-27(49-34(44)23-14-10-8-11-15-23)25-32(47-21(3)39)37(7,46)18-38(25,51-22(4)40)30(42)20(2)29-33(48-29)36(5,6)31(43)26(41)28(19)50-35(45)24-16-12-9-13-17-24/h8-17,20,25-29,32-33,41,46H,1,18H2,2-7H3. The average Bonchev–Trinajstić information content (AvgIpc) is 3.86. The van der Waals surface area contributed by atoms with Crippen molar-refractivity contribution >= 4 is 35.4 Å². The molecule has 3 fully saturated rings. The van der Waals surface area contributed by atoms with Gasteiger partial charge < -0.3 is 33.9 Å². The number of benzene rings is 2. The summed E-state index contributed by atoms with van der Waals surface area (Å²) in [6.07, 6.45) is -10.2. The smallest absolute Gasteiger partial charge is 0.338 e. The predicted molar refractivity (Wildman–Crippen MR) is 177 cm³/mol. The third-order valence-corrected chi connectivity index (χ3v) is 10.0. The number of esters is 4. The van der Waals surface area contributed by atoms with Crippen LogP contribution in [0.4, 0.5) is 0 Å². The quantitative estimate of drug-likeness (QED) is 0.193. The van der Waals surface area contributed by atoms with E-state index in [1.807, 2.05) is 0 Å². The highest BCUT2D eigenvalue weighted by Gasteiger charge is 2.72. The molecule has 13 nitrogen and oxygen atoms in total. The highest BCUT2D eigenvalue weighted by molar-refractivity contribution is 5.96. The SMILES string of the molecule is C=C1C(OC(=O)c2ccccc2)C(O)C(=O)C(C)(C)C2OC2C(C)C(=O)C2(OC(C)=O)CC(C)(O)C(OC(C)=O)C2C1OC(=O)c1ccccc1. The Morgan fingerprint density at radius 3 is 1.80 bits per heavy atom. The Kier molecular flexibility index (Phi) is 10.1. The summed E-state index contributed by atoms with van der Waals surface area (Å²) >= 11 is 0. The van der Waals surface area contributed by atoms with Crippen LogP contribution in [-0.2, 0) is 42.9 Å². The second-order valence-corrected chi connectivity index (χ2v) is 14.2. The van der Waals surface area contributed by atoms with E-state index < -0.39 is 113 Å². The molecular formula is C38H42O13. The Labute approximate surface area is 294 Å². The maximum Gasteiger partial charge on any atom is 0.338 e. The molecule has 2 aromatic carbocycles. The van der Waals surface area contributed by atoms with Crippen LogP contribution in [0, 0.1) is 17.3 Å². The van der Waals surface area contributed by atoms with Gasteiger partial charge in [0.2, 0.25) is 0 Å². The molecule has 5 rings (SSSR count). The van der Waals surface area contributed by atoms with Crippen LogP contribution in [0.2, 0.25) is 0 Å². The first kappa shape index (κ1) is 37.5. The van der Waals surface area contributed by atoms with E-state index in [4.69, 9.17) is 23.7 Å². The Hall–Kier alpha value is -4.72. The zero-order valence-corrected chi connectivity index (χ0v) is 29.2. The Balaban J connectivity index is 1.79. The molecule has 0 radical (unpaired) electrons. The lowest BCUT2D eigenvalue weighted by molar-refractivity contribution is -0.183. The highest BCUT2D eigenvalue weighted by Crippen LogP contribution is 2.54. The topological polar surface area (TPSA) is 192 Å². The van der Waals surface area contributed by atoms with Crippen molar-refractivity contribution in [3.8, 4) is 0 Å². The summed E-state index contributed by atoms with van der Waals surface area (Å²) < 4.78 is 29.3. The van der Waals surface area contributed by atoms with Gasteiger partial charge in [0.1, 0.15) is 17.8 Å². The molecule has 2 aliphatic carbocycles. The lowest BCUT2D eigenvalue weighted by Gasteiger charge is -2.42. The van der Waals surface area contributed by atoms with Crippen LogP contribution in [0.15, 0.2) is 72.8 Å². The summed E-state index contributed by atoms with van der Waals surface area (Å²) in [7, 11) is 0. The molecule has 272 valence electrons. The molecule has 51 heavy (non-hydrogen) atoms. The second-order valence-electron chi connectivity index (χ2n) is 14.2. The minimum atomic E-state index is -2.37. The zero-order chi connectivity index (χ0) is 37.6. The van der Waals surface area contributed by atoms with Gasteiger partial charge in [-0.2, -0.15) is 0 Å². The fraction of sp³-hybridized carbons (Fsp3) is 0.474. The number of fused-ring (bicyclic) bond motifs is 2. The molecule has 1 saturated heterocycles. The summed E-state index contributed by atoms with van der Waals surface area (Å²) in [5, 5.41) is 23.7. The number of aliphatic hydroxyl groups excluding tert-OH is 1. The molecule has 0 aromatic heterocycles. The summed E-state index contributed by atoms with van der Waals surface area (Å²) in [5.41, 5.74) is -6.31. The molecule has 1 aliphatic heterocycles. The minimum Gasteiger partial charge on any atom is -0.459 e. The molecule has 1 heterocycles. The molecule has 0 bridgehead atoms. The van der Waals surface area contributed by atoms with Gasteiger partial charge in [-0.05, 0) is 31.2 Å². The Bertz CT molecular complexity index is 1730. The third-order valence-electron chi connectivity index (χ3n) is 10.0. The van der Waals surface area contributed by atoms with Gasteiger partial charge in [-0.15, -0.1) is 0 Å². The number of hydrogen-bond acceptors (Lipinski definition) is 13. The maximum absolute atomic E-state index is 14.9. The van der Waals surface area contributed by atoms with E-state index in [2.05, 4.69) is 6.58 Å². The first-order valence-electron chi connectivity index (χ1n) is 16.6. The van der Waals surface area contributed by atoms with Gasteiger partial charge in [0.25, 0.3) is 0 Å². The number of Topliss-reactive ketones (excluding diaryl/α,β-unsaturated/α-hetero) is 2. The number of carbonyl (C=O) groups is 6. The average molecular weight is 707 g/mol. The van der Waals surface area contributed by atoms with E-state index >= 15 is 0 Å². The van der Waals surface area contributed by atoms with Gasteiger partial charge >= 0.3 is 23.9 Å². The maximum atomic E-state index is 14.9. The Morgan fingerprint density at radius 1 is 0.804 bits per heavy atom. The van der Waals surface area contributed by atoms with Gasteiger partial charge in [-0.3, -0.25) is 19.2 Å². The molecular weight excluding hydrogens is 664 g/mol. The molecule has 10 unspecified atom stereocenters. The van der Waals surface area contributed by atoms with Gasteiger partial charge in [-0.25, -0.2) is 9.59 Å². The van der Waals surface area contributed by atoms with Crippen molar-refractivity contribution in [2.24, 2.45) is 17.3 Å². The molecule has 3 aliphatic rings. The number of hydrogen-bond donors (Lipinski definition) is 2. The van der Waals surface area contributed by atoms with E-state index in [0.29, 0.717) is 0 Å². The molecule has 0 amide bonds. The first-order valence-corrected chi connectivity index (χ1v) is 16.6. The lowest BCUT2D eigenvalue weighted by Crippen LogP contribution is -2.59. The van der Waals surface area contributed by atoms with Crippen LogP contribution in [0.1, 0.15) is 68.7 Å². The summed E-state index contributed by atoms with van der Waals surface area (Å²) in [6, 6.07) is 15.3. The third kappa shape index (κ3) is 6.97. The fourth-order valence-corrected chi connectivity index (χ4v) is 7.50. The number of aliphatic hydroxyl groups is 2. The van der Waals surface area contributed by atoms with E-state index in [-0.39, 0.29) is 11.1 Å². The van der Waals surface area contributed by atoms with Crippen molar-refractivity contribution in [1.29, 1.82) is 0 Å². The number of ketones is 2. The van der Waals surface area contributed by atoms with Crippen molar-refractivity contribution < 1.29 is 62.7 Å². The summed E-state index contributed by atoms with van der Waals surface area (Å²) in [4.78, 5) is 82.0. The number of ether oxygens (including phenoxy) is 5. The van der Waals surface area contributed by atoms with Crippen molar-refractivity contribution in [2.75, 3.05) is 0 Å². The van der Waals surface area contributed by atoms with Crippen LogP contribution in [-0.4, -0.2) is 93.5 Å². The molecule has 2 N–H and O–H groups in total. The van der Waals surface area contributed by atoms with E-state index in [1.165, 1.54) is 52.0 Å². The minimum absolute atomic E-state index is 0.0211. The summed E-state index contributed by atoms with van der Waals surface area (Å²) in [6.45, 7) is 11.9. The lowest BCUT2D eigenvalue weighted by atomic mass is 9.70. The van der Waals surface area contributed by atoms with Crippen LogP contribution in [0.5, 0.6) is 0 Å². The van der Waals surface area contributed by atoms with Crippen LogP contribution in [0.3, 0.4) is 0 Å². The predicted octanol–water partition coefficient (Wildman–Crippen LogP) is 2.94. The van der Waals surface area contributed by atoms with Crippen molar-refractivity contribution in [3.63, 3.8) is 0 Å². The van der Waals surface area contributed by atoms with Crippen LogP contribution in [0.25, 0.3) is 0 Å². The first-order chi connectivity index (χ1) is 23.8. The number of rotatable bonds is 6. The molecule has 2 aromatic rings. The van der Waals surface area contributed by atoms with Gasteiger partial charge in [0.05, 0.1) is 34.7 Å². The van der Waals surface area contributed by atoms with Crippen LogP contribution < -0.4 is 0 Å². The van der Waals surface area contributed by atoms with Crippen molar-refractivity contribution in [2.45, 2.75) is 95.8 Å². The second kappa shape index (κ2) is 13.8. The molecule has 0 spiro atoms. The fourth-order valence-electron chi connectivity index (χ4n) is 7.50. The van der Waals surface area contributed by atoms with Crippen LogP contribution >= 0.6 is 0 Å². The highest BCUT2D eigenvalue weighted by atomic mass is 16.6. The van der Waals surface area contributed by atoms with Gasteiger partial charge in [-0.1, -0.05) is 63.7 Å².